The first-order valence-corrected chi connectivity index (χ1v) is 9.08. The molecule has 0 aromatic heterocycles. The fourth-order valence-corrected chi connectivity index (χ4v) is 3.76. The molecule has 0 aromatic rings. The molecule has 0 radical (unpaired) electrons. The molecule has 31 heavy (non-hydrogen) atoms. The minimum atomic E-state index is -1.98. The van der Waals surface area contributed by atoms with E-state index >= 15 is 0 Å². The molecule has 0 amide bonds. The topological polar surface area (TPSA) is 182 Å². The molecule has 2 heterocycles. The largest absolute Gasteiger partial charge is 0.469 e. The van der Waals surface area contributed by atoms with Crippen LogP contribution in [0.15, 0.2) is 5.11 Å². The fraction of sp³-hybridized carbons (Fsp3) is 0.765. The highest BCUT2D eigenvalue weighted by atomic mass is 16.7. The summed E-state index contributed by atoms with van der Waals surface area (Å²) in [4.78, 5) is 50.7. The molecule has 2 rings (SSSR count). The van der Waals surface area contributed by atoms with Crippen LogP contribution in [0.5, 0.6) is 0 Å². The van der Waals surface area contributed by atoms with Crippen molar-refractivity contribution >= 4 is 23.9 Å². The van der Waals surface area contributed by atoms with Gasteiger partial charge in [-0.15, -0.1) is 0 Å². The van der Waals surface area contributed by atoms with Crippen molar-refractivity contribution in [1.82, 2.24) is 0 Å². The van der Waals surface area contributed by atoms with E-state index in [0.29, 0.717) is 0 Å². The molecule has 0 spiro atoms. The van der Waals surface area contributed by atoms with Gasteiger partial charge in [-0.1, -0.05) is 5.11 Å². The van der Waals surface area contributed by atoms with E-state index in [0.717, 1.165) is 27.9 Å². The van der Waals surface area contributed by atoms with Crippen molar-refractivity contribution in [3.05, 3.63) is 10.4 Å². The zero-order valence-electron chi connectivity index (χ0n) is 17.5. The molecule has 0 aromatic carbocycles. The van der Waals surface area contributed by atoms with Crippen LogP contribution in [0.4, 0.5) is 0 Å². The highest BCUT2D eigenvalue weighted by Crippen LogP contribution is 2.46. The van der Waals surface area contributed by atoms with Crippen LogP contribution in [-0.2, 0) is 52.3 Å². The van der Waals surface area contributed by atoms with Crippen LogP contribution >= 0.6 is 0 Å². The Bertz CT molecular complexity index is 783. The second-order valence-corrected chi connectivity index (χ2v) is 6.71. The Morgan fingerprint density at radius 2 is 1.74 bits per heavy atom. The summed E-state index contributed by atoms with van der Waals surface area (Å²) in [7, 11) is 2.29. The van der Waals surface area contributed by atoms with E-state index < -0.39 is 66.2 Å². The average Bonchev–Trinajstić information content (AvgIpc) is 3.03. The standard InChI is InChI=1S/C17H23N3O11/c1-7(21)28-10-6-27-14-16(26-5)30-12(11(19-20-18)15(24)25-4)13(29-8(2)22)17(10,14)31-9(3)23/h10-14,16H,6H2,1-5H3/t10-,11-,12?,13?,14?,16?,17?/m0/s1. The lowest BCUT2D eigenvalue weighted by atomic mass is 9.78. The first-order valence-electron chi connectivity index (χ1n) is 9.08. The van der Waals surface area contributed by atoms with Crippen LogP contribution in [0.3, 0.4) is 0 Å². The number of azide groups is 1. The molecule has 5 unspecified atom stereocenters. The van der Waals surface area contributed by atoms with Gasteiger partial charge >= 0.3 is 23.9 Å². The van der Waals surface area contributed by atoms with Crippen LogP contribution in [0.2, 0.25) is 0 Å². The van der Waals surface area contributed by atoms with E-state index in [2.05, 4.69) is 14.8 Å². The van der Waals surface area contributed by atoms with Crippen molar-refractivity contribution < 1.29 is 52.3 Å². The lowest BCUT2D eigenvalue weighted by Crippen LogP contribution is -2.73. The van der Waals surface area contributed by atoms with Gasteiger partial charge in [0.15, 0.2) is 30.6 Å². The number of fused-ring (bicyclic) bond motifs is 1. The monoisotopic (exact) mass is 445 g/mol. The van der Waals surface area contributed by atoms with E-state index in [9.17, 15) is 19.2 Å². The molecule has 2 saturated heterocycles. The third-order valence-corrected chi connectivity index (χ3v) is 4.74. The maximum absolute atomic E-state index is 12.3. The predicted octanol–water partition coefficient (Wildman–Crippen LogP) is -0.226. The first kappa shape index (κ1) is 24.3. The molecule has 2 aliphatic rings. The average molecular weight is 445 g/mol. The fourth-order valence-electron chi connectivity index (χ4n) is 3.76. The summed E-state index contributed by atoms with van der Waals surface area (Å²) >= 11 is 0. The lowest BCUT2D eigenvalue weighted by molar-refractivity contribution is -0.324. The number of hydrogen-bond acceptors (Lipinski definition) is 12. The number of methoxy groups -OCH3 is 2. The van der Waals surface area contributed by atoms with Gasteiger partial charge in [-0.05, 0) is 5.53 Å². The molecule has 2 aliphatic heterocycles. The Kier molecular flexibility index (Phi) is 7.79. The van der Waals surface area contributed by atoms with E-state index in [-0.39, 0.29) is 6.61 Å². The molecule has 0 N–H and O–H groups in total. The SMILES string of the molecule is COC(=O)[C@@H](N=[N+]=[N-])C1OC(OC)C2OC[C@H](OC(C)=O)C2(OC(C)=O)C1OC(C)=O. The third-order valence-electron chi connectivity index (χ3n) is 4.74. The lowest BCUT2D eigenvalue weighted by Gasteiger charge is -2.50. The predicted molar refractivity (Wildman–Crippen MR) is 96.0 cm³/mol. The van der Waals surface area contributed by atoms with Gasteiger partial charge in [0.05, 0.1) is 13.7 Å². The summed E-state index contributed by atoms with van der Waals surface area (Å²) in [6, 6.07) is -1.68. The van der Waals surface area contributed by atoms with Gasteiger partial charge in [0.1, 0.15) is 6.10 Å². The second-order valence-electron chi connectivity index (χ2n) is 6.71. The summed E-state index contributed by atoms with van der Waals surface area (Å²) in [5.41, 5.74) is 6.97. The molecule has 2 fully saturated rings. The van der Waals surface area contributed by atoms with Crippen molar-refractivity contribution in [2.75, 3.05) is 20.8 Å². The van der Waals surface area contributed by atoms with Crippen LogP contribution in [0.25, 0.3) is 10.4 Å². The van der Waals surface area contributed by atoms with E-state index in [1.54, 1.807) is 0 Å². The van der Waals surface area contributed by atoms with Crippen molar-refractivity contribution in [1.29, 1.82) is 0 Å². The molecule has 14 nitrogen and oxygen atoms in total. The molecule has 0 bridgehead atoms. The zero-order valence-corrected chi connectivity index (χ0v) is 17.5. The van der Waals surface area contributed by atoms with Crippen LogP contribution in [0.1, 0.15) is 20.8 Å². The molecule has 172 valence electrons. The Balaban J connectivity index is 2.74. The highest BCUT2D eigenvalue weighted by molar-refractivity contribution is 5.77. The van der Waals surface area contributed by atoms with Crippen molar-refractivity contribution in [2.24, 2.45) is 5.11 Å². The van der Waals surface area contributed by atoms with Crippen molar-refractivity contribution in [2.45, 2.75) is 63.1 Å². The summed E-state index contributed by atoms with van der Waals surface area (Å²) < 4.78 is 37.6. The Labute approximate surface area is 176 Å². The van der Waals surface area contributed by atoms with E-state index in [1.165, 1.54) is 7.11 Å². The zero-order chi connectivity index (χ0) is 23.3. The Morgan fingerprint density at radius 1 is 1.10 bits per heavy atom. The third kappa shape index (κ3) is 4.71. The maximum Gasteiger partial charge on any atom is 0.317 e. The van der Waals surface area contributed by atoms with Crippen LogP contribution in [-0.4, -0.2) is 87.1 Å². The molecule has 14 heteroatoms. The highest BCUT2D eigenvalue weighted by Gasteiger charge is 2.71. The van der Waals surface area contributed by atoms with Gasteiger partial charge in [0, 0.05) is 32.8 Å². The van der Waals surface area contributed by atoms with Crippen LogP contribution in [0, 0.1) is 0 Å². The van der Waals surface area contributed by atoms with Crippen molar-refractivity contribution in [3.8, 4) is 0 Å². The Morgan fingerprint density at radius 3 is 2.23 bits per heavy atom. The van der Waals surface area contributed by atoms with Gasteiger partial charge < -0.3 is 33.2 Å². The number of hydrogen-bond donors (Lipinski definition) is 0. The van der Waals surface area contributed by atoms with Crippen molar-refractivity contribution in [3.63, 3.8) is 0 Å². The maximum atomic E-state index is 12.3. The number of carbonyl (C=O) groups is 4. The Hall–Kier alpha value is -2.93. The van der Waals surface area contributed by atoms with Gasteiger partial charge in [0.2, 0.25) is 5.60 Å². The first-order chi connectivity index (χ1) is 14.6. The van der Waals surface area contributed by atoms with E-state index in [4.69, 9.17) is 34.0 Å². The molecule has 0 aliphatic carbocycles. The summed E-state index contributed by atoms with van der Waals surface area (Å²) in [5, 5.41) is 3.40. The molecule has 7 atom stereocenters. The summed E-state index contributed by atoms with van der Waals surface area (Å²) in [6.07, 6.45) is -6.94. The van der Waals surface area contributed by atoms with Gasteiger partial charge in [-0.2, -0.15) is 0 Å². The minimum absolute atomic E-state index is 0.268. The second kappa shape index (κ2) is 9.92. The number of esters is 4. The minimum Gasteiger partial charge on any atom is -0.469 e. The quantitative estimate of drug-likeness (QED) is 0.166. The van der Waals surface area contributed by atoms with Gasteiger partial charge in [-0.3, -0.25) is 19.2 Å². The summed E-state index contributed by atoms with van der Waals surface area (Å²) in [5.74, 6) is -3.44. The normalized spacial score (nSPS) is 32.6. The molecule has 0 saturated carbocycles. The number of carbonyl (C=O) groups excluding carboxylic acids is 4. The summed E-state index contributed by atoms with van der Waals surface area (Å²) in [6.45, 7) is 3.00. The molecular formula is C17H23N3O11. The number of rotatable bonds is 7. The number of nitrogens with zero attached hydrogens (tertiary/aromatic N) is 3. The molecular weight excluding hydrogens is 422 g/mol. The van der Waals surface area contributed by atoms with Gasteiger partial charge in [0.25, 0.3) is 0 Å². The van der Waals surface area contributed by atoms with Crippen LogP contribution < -0.4 is 0 Å². The smallest absolute Gasteiger partial charge is 0.317 e. The van der Waals surface area contributed by atoms with E-state index in [1.807, 2.05) is 0 Å². The van der Waals surface area contributed by atoms with Gasteiger partial charge in [-0.25, -0.2) is 0 Å². The number of ether oxygens (including phenoxy) is 7.